The summed E-state index contributed by atoms with van der Waals surface area (Å²) in [6.07, 6.45) is 0. The third kappa shape index (κ3) is 4.62. The summed E-state index contributed by atoms with van der Waals surface area (Å²) in [6.45, 7) is -0.379. The van der Waals surface area contributed by atoms with Gasteiger partial charge in [0, 0.05) is 16.7 Å². The average Bonchev–Trinajstić information content (AvgIpc) is 2.40. The normalized spacial score (nSPS) is 10.2. The van der Waals surface area contributed by atoms with Crippen LogP contribution in [0.3, 0.4) is 0 Å². The molecule has 4 N–H and O–H groups in total. The van der Waals surface area contributed by atoms with Crippen molar-refractivity contribution < 1.29 is 24.9 Å². The summed E-state index contributed by atoms with van der Waals surface area (Å²) >= 11 is 1.98. The smallest absolute Gasteiger partial charge is 0.337 e. The Balaban J connectivity index is 2.91. The number of hydrogen-bond donors (Lipinski definition) is 4. The van der Waals surface area contributed by atoms with Gasteiger partial charge in [0.2, 0.25) is 0 Å². The maximum atomic E-state index is 12.0. The van der Waals surface area contributed by atoms with Crippen molar-refractivity contribution in [3.63, 3.8) is 0 Å². The van der Waals surface area contributed by atoms with E-state index in [0.29, 0.717) is 0 Å². The Morgan fingerprint density at radius 2 is 1.80 bits per heavy atom. The van der Waals surface area contributed by atoms with E-state index in [1.165, 1.54) is 17.0 Å². The van der Waals surface area contributed by atoms with Gasteiger partial charge in [0.1, 0.15) is 0 Å². The molecule has 0 unspecified atom stereocenters. The number of carboxylic acid groups (broad SMARTS) is 1. The lowest BCUT2D eigenvalue weighted by Gasteiger charge is -2.21. The first-order valence-electron chi connectivity index (χ1n) is 5.80. The lowest BCUT2D eigenvalue weighted by Crippen LogP contribution is -2.39. The van der Waals surface area contributed by atoms with Crippen molar-refractivity contribution in [3.8, 4) is 0 Å². The number of halogens is 1. The first kappa shape index (κ1) is 16.7. The van der Waals surface area contributed by atoms with Gasteiger partial charge in [-0.3, -0.25) is 0 Å². The predicted molar refractivity (Wildman–Crippen MR) is 80.9 cm³/mol. The van der Waals surface area contributed by atoms with Gasteiger partial charge in [-0.1, -0.05) is 0 Å². The van der Waals surface area contributed by atoms with Crippen LogP contribution in [0.2, 0.25) is 0 Å². The lowest BCUT2D eigenvalue weighted by molar-refractivity contribution is 0.0698. The van der Waals surface area contributed by atoms with E-state index in [4.69, 9.17) is 15.3 Å². The van der Waals surface area contributed by atoms with Crippen molar-refractivity contribution in [3.05, 3.63) is 27.3 Å². The number of aliphatic hydroxyl groups is 2. The fourth-order valence-electron chi connectivity index (χ4n) is 1.55. The van der Waals surface area contributed by atoms with Gasteiger partial charge < -0.3 is 25.5 Å². The second kappa shape index (κ2) is 8.02. The minimum atomic E-state index is -1.14. The Bertz CT molecular complexity index is 489. The van der Waals surface area contributed by atoms with E-state index in [-0.39, 0.29) is 37.6 Å². The molecule has 0 aliphatic heterocycles. The van der Waals surface area contributed by atoms with Crippen LogP contribution in [0.5, 0.6) is 0 Å². The summed E-state index contributed by atoms with van der Waals surface area (Å²) in [5.74, 6) is -1.14. The molecule has 0 aromatic heterocycles. The van der Waals surface area contributed by atoms with Gasteiger partial charge in [0.15, 0.2) is 0 Å². The van der Waals surface area contributed by atoms with Crippen molar-refractivity contribution in [1.82, 2.24) is 4.90 Å². The molecule has 1 aromatic carbocycles. The molecule has 7 nitrogen and oxygen atoms in total. The summed E-state index contributed by atoms with van der Waals surface area (Å²) in [4.78, 5) is 24.3. The molecule has 1 aromatic rings. The zero-order valence-electron chi connectivity index (χ0n) is 10.5. The molecule has 0 saturated heterocycles. The number of hydrogen-bond acceptors (Lipinski definition) is 4. The van der Waals surface area contributed by atoms with Gasteiger partial charge in [-0.15, -0.1) is 0 Å². The van der Waals surface area contributed by atoms with Gasteiger partial charge in [-0.25, -0.2) is 9.59 Å². The van der Waals surface area contributed by atoms with E-state index >= 15 is 0 Å². The molecule has 2 amide bonds. The average molecular weight is 394 g/mol. The monoisotopic (exact) mass is 394 g/mol. The molecule has 0 bridgehead atoms. The first-order valence-corrected chi connectivity index (χ1v) is 6.88. The lowest BCUT2D eigenvalue weighted by atomic mass is 10.2. The molecule has 8 heteroatoms. The highest BCUT2D eigenvalue weighted by atomic mass is 127. The first-order chi connectivity index (χ1) is 9.49. The van der Waals surface area contributed by atoms with Crippen molar-refractivity contribution >= 4 is 40.3 Å². The summed E-state index contributed by atoms with van der Waals surface area (Å²) in [5, 5.41) is 29.3. The minimum absolute atomic E-state index is 0.0156. The zero-order chi connectivity index (χ0) is 15.1. The van der Waals surface area contributed by atoms with Crippen LogP contribution >= 0.6 is 22.6 Å². The van der Waals surface area contributed by atoms with Gasteiger partial charge in [0.25, 0.3) is 0 Å². The molecule has 0 spiro atoms. The molecule has 1 rings (SSSR count). The number of benzene rings is 1. The van der Waals surface area contributed by atoms with Crippen LogP contribution in [0.1, 0.15) is 10.4 Å². The Labute approximate surface area is 129 Å². The molecule has 110 valence electrons. The Morgan fingerprint density at radius 1 is 1.20 bits per heavy atom. The SMILES string of the molecule is O=C(O)c1cc(I)ccc1NC(=O)N(CCO)CCO. The number of carbonyl (C=O) groups excluding carboxylic acids is 1. The number of anilines is 1. The highest BCUT2D eigenvalue weighted by molar-refractivity contribution is 14.1. The van der Waals surface area contributed by atoms with Gasteiger partial charge in [-0.05, 0) is 40.8 Å². The van der Waals surface area contributed by atoms with E-state index in [1.807, 2.05) is 22.6 Å². The molecule has 0 heterocycles. The number of aromatic carboxylic acids is 1. The van der Waals surface area contributed by atoms with Gasteiger partial charge in [0.05, 0.1) is 24.5 Å². The number of nitrogens with zero attached hydrogens (tertiary/aromatic N) is 1. The maximum Gasteiger partial charge on any atom is 0.337 e. The number of nitrogens with one attached hydrogen (secondary N) is 1. The number of urea groups is 1. The van der Waals surface area contributed by atoms with Crippen LogP contribution in [0.4, 0.5) is 10.5 Å². The van der Waals surface area contributed by atoms with Crippen LogP contribution in [0.15, 0.2) is 18.2 Å². The highest BCUT2D eigenvalue weighted by Crippen LogP contribution is 2.19. The predicted octanol–water partition coefficient (Wildman–Crippen LogP) is 0.808. The van der Waals surface area contributed by atoms with Crippen molar-refractivity contribution in [2.75, 3.05) is 31.6 Å². The molecular weight excluding hydrogens is 379 g/mol. The Morgan fingerprint density at radius 3 is 2.30 bits per heavy atom. The Kier molecular flexibility index (Phi) is 6.68. The van der Waals surface area contributed by atoms with Crippen molar-refractivity contribution in [2.24, 2.45) is 0 Å². The molecule has 0 fully saturated rings. The molecule has 0 radical (unpaired) electrons. The topological polar surface area (TPSA) is 110 Å². The van der Waals surface area contributed by atoms with Gasteiger partial charge in [-0.2, -0.15) is 0 Å². The number of amides is 2. The molecule has 0 aliphatic rings. The minimum Gasteiger partial charge on any atom is -0.478 e. The van der Waals surface area contributed by atoms with E-state index < -0.39 is 12.0 Å². The number of rotatable bonds is 6. The van der Waals surface area contributed by atoms with E-state index in [2.05, 4.69) is 5.32 Å². The second-order valence-corrected chi connectivity index (χ2v) is 5.11. The zero-order valence-corrected chi connectivity index (χ0v) is 12.7. The third-order valence-corrected chi connectivity index (χ3v) is 3.15. The summed E-state index contributed by atoms with van der Waals surface area (Å²) in [7, 11) is 0. The summed E-state index contributed by atoms with van der Waals surface area (Å²) in [6, 6.07) is 4.04. The summed E-state index contributed by atoms with van der Waals surface area (Å²) in [5.41, 5.74) is 0.155. The molecule has 0 saturated carbocycles. The van der Waals surface area contributed by atoms with Crippen LogP contribution in [0.25, 0.3) is 0 Å². The number of carboxylic acids is 1. The van der Waals surface area contributed by atoms with Gasteiger partial charge >= 0.3 is 12.0 Å². The number of aliphatic hydroxyl groups excluding tert-OH is 2. The highest BCUT2D eigenvalue weighted by Gasteiger charge is 2.17. The fraction of sp³-hybridized carbons (Fsp3) is 0.333. The van der Waals surface area contributed by atoms with E-state index in [1.54, 1.807) is 6.07 Å². The Hall–Kier alpha value is -1.39. The standard InChI is InChI=1S/C12H15IN2O5/c13-8-1-2-10(9(7-8)11(18)19)14-12(20)15(3-5-16)4-6-17/h1-2,7,16-17H,3-6H2,(H,14,20)(H,18,19). The third-order valence-electron chi connectivity index (χ3n) is 2.48. The number of carbonyl (C=O) groups is 2. The maximum absolute atomic E-state index is 12.0. The second-order valence-electron chi connectivity index (χ2n) is 3.86. The molecule has 20 heavy (non-hydrogen) atoms. The molecule has 0 atom stereocenters. The van der Waals surface area contributed by atoms with E-state index in [0.717, 1.165) is 3.57 Å². The van der Waals surface area contributed by atoms with Crippen LogP contribution < -0.4 is 5.32 Å². The van der Waals surface area contributed by atoms with Crippen LogP contribution in [-0.2, 0) is 0 Å². The van der Waals surface area contributed by atoms with Crippen LogP contribution in [0, 0.1) is 3.57 Å². The van der Waals surface area contributed by atoms with Crippen molar-refractivity contribution in [2.45, 2.75) is 0 Å². The largest absolute Gasteiger partial charge is 0.478 e. The summed E-state index contributed by atoms with van der Waals surface area (Å²) < 4.78 is 0.737. The quantitative estimate of drug-likeness (QED) is 0.534. The van der Waals surface area contributed by atoms with Crippen LogP contribution in [-0.4, -0.2) is 58.5 Å². The van der Waals surface area contributed by atoms with E-state index in [9.17, 15) is 9.59 Å². The fourth-order valence-corrected chi connectivity index (χ4v) is 2.04. The van der Waals surface area contributed by atoms with Crippen molar-refractivity contribution in [1.29, 1.82) is 0 Å². The molecular formula is C12H15IN2O5. The molecule has 0 aliphatic carbocycles.